The van der Waals surface area contributed by atoms with E-state index in [1.165, 1.54) is 25.1 Å². The van der Waals surface area contributed by atoms with Crippen LogP contribution in [-0.4, -0.2) is 16.6 Å². The molecule has 0 aliphatic heterocycles. The number of hydrogen-bond donors (Lipinski definition) is 1. The van der Waals surface area contributed by atoms with Crippen molar-refractivity contribution < 1.29 is 14.5 Å². The number of non-ortho nitro benzene ring substituents is 1. The molecule has 1 amide bonds. The number of carbonyl (C=O) groups is 2. The van der Waals surface area contributed by atoms with E-state index in [0.29, 0.717) is 10.2 Å². The lowest BCUT2D eigenvalue weighted by atomic mass is 10.2. The Morgan fingerprint density at radius 1 is 1.39 bits per heavy atom. The highest BCUT2D eigenvalue weighted by Gasteiger charge is 2.12. The molecule has 0 saturated heterocycles. The third kappa shape index (κ3) is 4.25. The van der Waals surface area contributed by atoms with Crippen LogP contribution in [0.4, 0.5) is 11.4 Å². The van der Waals surface area contributed by atoms with Crippen molar-refractivity contribution in [3.8, 4) is 0 Å². The van der Waals surface area contributed by atoms with Gasteiger partial charge in [-0.2, -0.15) is 0 Å². The number of nitro benzene ring substituents is 1. The monoisotopic (exact) mass is 314 g/mol. The van der Waals surface area contributed by atoms with Crippen molar-refractivity contribution >= 4 is 39.0 Å². The smallest absolute Gasteiger partial charge is 0.271 e. The van der Waals surface area contributed by atoms with Crippen LogP contribution < -0.4 is 5.32 Å². The van der Waals surface area contributed by atoms with Crippen LogP contribution in [0.25, 0.3) is 0 Å². The van der Waals surface area contributed by atoms with Gasteiger partial charge in [0.2, 0.25) is 5.91 Å². The number of benzene rings is 1. The maximum Gasteiger partial charge on any atom is 0.271 e. The molecule has 0 aromatic heterocycles. The highest BCUT2D eigenvalue weighted by molar-refractivity contribution is 9.10. The molecule has 0 aliphatic carbocycles. The van der Waals surface area contributed by atoms with Crippen LogP contribution in [0, 0.1) is 10.1 Å². The first-order chi connectivity index (χ1) is 8.40. The minimum absolute atomic E-state index is 0.0600. The van der Waals surface area contributed by atoms with Crippen molar-refractivity contribution in [2.75, 3.05) is 5.32 Å². The number of Topliss-reactive ketones (excluding diaryl/α,β-unsaturated/α-hetero) is 1. The van der Waals surface area contributed by atoms with Gasteiger partial charge in [0.25, 0.3) is 5.69 Å². The van der Waals surface area contributed by atoms with Gasteiger partial charge in [-0.05, 0) is 28.9 Å². The number of nitrogens with one attached hydrogen (secondary N) is 1. The Bertz CT molecular complexity index is 502. The summed E-state index contributed by atoms with van der Waals surface area (Å²) in [5.41, 5.74) is 0.206. The average molecular weight is 315 g/mol. The lowest BCUT2D eigenvalue weighted by Crippen LogP contribution is -2.13. The summed E-state index contributed by atoms with van der Waals surface area (Å²) in [7, 11) is 0. The summed E-state index contributed by atoms with van der Waals surface area (Å²) in [4.78, 5) is 32.3. The van der Waals surface area contributed by atoms with E-state index < -0.39 is 4.92 Å². The van der Waals surface area contributed by atoms with E-state index in [4.69, 9.17) is 0 Å². The van der Waals surface area contributed by atoms with E-state index in [1.54, 1.807) is 0 Å². The lowest BCUT2D eigenvalue weighted by Gasteiger charge is -2.06. The van der Waals surface area contributed by atoms with Crippen LogP contribution in [-0.2, 0) is 9.59 Å². The molecule has 0 unspecified atom stereocenters. The van der Waals surface area contributed by atoms with Gasteiger partial charge in [-0.15, -0.1) is 0 Å². The molecule has 0 radical (unpaired) electrons. The minimum atomic E-state index is -0.544. The molecule has 0 saturated carbocycles. The molecule has 0 spiro atoms. The molecule has 0 heterocycles. The summed E-state index contributed by atoms with van der Waals surface area (Å²) in [6.45, 7) is 1.40. The maximum absolute atomic E-state index is 11.5. The van der Waals surface area contributed by atoms with Crippen molar-refractivity contribution in [2.24, 2.45) is 0 Å². The second kappa shape index (κ2) is 6.25. The molecule has 18 heavy (non-hydrogen) atoms. The fraction of sp³-hybridized carbons (Fsp3) is 0.273. The number of rotatable bonds is 5. The fourth-order valence-electron chi connectivity index (χ4n) is 1.22. The van der Waals surface area contributed by atoms with Crippen molar-refractivity contribution in [2.45, 2.75) is 19.8 Å². The number of nitrogens with zero attached hydrogens (tertiary/aromatic N) is 1. The van der Waals surface area contributed by atoms with Gasteiger partial charge in [-0.25, -0.2) is 0 Å². The summed E-state index contributed by atoms with van der Waals surface area (Å²) in [5.74, 6) is -0.436. The molecule has 96 valence electrons. The number of anilines is 1. The number of nitro groups is 1. The zero-order chi connectivity index (χ0) is 13.7. The number of ketones is 1. The fourth-order valence-corrected chi connectivity index (χ4v) is 1.57. The Balaban J connectivity index is 2.77. The van der Waals surface area contributed by atoms with E-state index in [1.807, 2.05) is 0 Å². The van der Waals surface area contributed by atoms with E-state index >= 15 is 0 Å². The molecule has 0 fully saturated rings. The van der Waals surface area contributed by atoms with Gasteiger partial charge in [0.15, 0.2) is 0 Å². The Morgan fingerprint density at radius 2 is 2.06 bits per heavy atom. The summed E-state index contributed by atoms with van der Waals surface area (Å²) in [6, 6.07) is 4.07. The second-order valence-electron chi connectivity index (χ2n) is 3.67. The first kappa shape index (κ1) is 14.3. The number of amides is 1. The lowest BCUT2D eigenvalue weighted by molar-refractivity contribution is -0.384. The topological polar surface area (TPSA) is 89.3 Å². The molecule has 7 heteroatoms. The first-order valence-electron chi connectivity index (χ1n) is 5.13. The van der Waals surface area contributed by atoms with Gasteiger partial charge in [0.05, 0.1) is 10.6 Å². The molecule has 0 bridgehead atoms. The van der Waals surface area contributed by atoms with E-state index in [9.17, 15) is 19.7 Å². The summed E-state index contributed by atoms with van der Waals surface area (Å²) in [5, 5.41) is 13.1. The predicted octanol–water partition coefficient (Wildman–Crippen LogP) is 2.67. The van der Waals surface area contributed by atoms with Crippen LogP contribution in [0.15, 0.2) is 22.7 Å². The summed E-state index contributed by atoms with van der Waals surface area (Å²) in [6.07, 6.45) is 0.211. The van der Waals surface area contributed by atoms with Crippen molar-refractivity contribution in [1.82, 2.24) is 0 Å². The standard InChI is InChI=1S/C11H11BrN2O4/c1-7(15)2-5-11(16)13-10-6-8(14(17)18)3-4-9(10)12/h3-4,6H,2,5H2,1H3,(H,13,16). The molecule has 0 aliphatic rings. The van der Waals surface area contributed by atoms with Crippen LogP contribution in [0.5, 0.6) is 0 Å². The van der Waals surface area contributed by atoms with Crippen molar-refractivity contribution in [3.63, 3.8) is 0 Å². The molecule has 1 N–H and O–H groups in total. The van der Waals surface area contributed by atoms with Gasteiger partial charge in [0, 0.05) is 29.4 Å². The Labute approximate surface area is 112 Å². The maximum atomic E-state index is 11.5. The predicted molar refractivity (Wildman–Crippen MR) is 69.3 cm³/mol. The minimum Gasteiger partial charge on any atom is -0.325 e. The average Bonchev–Trinajstić information content (AvgIpc) is 2.29. The summed E-state index contributed by atoms with van der Waals surface area (Å²) < 4.78 is 0.546. The summed E-state index contributed by atoms with van der Waals surface area (Å²) >= 11 is 3.18. The molecule has 1 aromatic rings. The quantitative estimate of drug-likeness (QED) is 0.668. The van der Waals surface area contributed by atoms with Gasteiger partial charge in [-0.3, -0.25) is 14.9 Å². The molecular weight excluding hydrogens is 304 g/mol. The van der Waals surface area contributed by atoms with Crippen LogP contribution >= 0.6 is 15.9 Å². The van der Waals surface area contributed by atoms with E-state index in [2.05, 4.69) is 21.2 Å². The van der Waals surface area contributed by atoms with E-state index in [-0.39, 0.29) is 30.2 Å². The number of halogens is 1. The second-order valence-corrected chi connectivity index (χ2v) is 4.53. The van der Waals surface area contributed by atoms with Crippen LogP contribution in [0.3, 0.4) is 0 Å². The van der Waals surface area contributed by atoms with Gasteiger partial charge in [0.1, 0.15) is 5.78 Å². The Kier molecular flexibility index (Phi) is 4.96. The number of hydrogen-bond acceptors (Lipinski definition) is 4. The SMILES string of the molecule is CC(=O)CCC(=O)Nc1cc([N+](=O)[O-])ccc1Br. The highest BCUT2D eigenvalue weighted by atomic mass is 79.9. The zero-order valence-corrected chi connectivity index (χ0v) is 11.2. The van der Waals surface area contributed by atoms with E-state index in [0.717, 1.165) is 0 Å². The largest absolute Gasteiger partial charge is 0.325 e. The zero-order valence-electron chi connectivity index (χ0n) is 9.60. The van der Waals surface area contributed by atoms with Gasteiger partial charge >= 0.3 is 0 Å². The van der Waals surface area contributed by atoms with Crippen molar-refractivity contribution in [1.29, 1.82) is 0 Å². The van der Waals surface area contributed by atoms with Crippen molar-refractivity contribution in [3.05, 3.63) is 32.8 Å². The Morgan fingerprint density at radius 3 is 2.61 bits per heavy atom. The molecule has 6 nitrogen and oxygen atoms in total. The van der Waals surface area contributed by atoms with Crippen LogP contribution in [0.2, 0.25) is 0 Å². The van der Waals surface area contributed by atoms with Gasteiger partial charge in [-0.1, -0.05) is 0 Å². The molecule has 1 rings (SSSR count). The van der Waals surface area contributed by atoms with Crippen LogP contribution in [0.1, 0.15) is 19.8 Å². The third-order valence-electron chi connectivity index (χ3n) is 2.14. The Hall–Kier alpha value is -1.76. The van der Waals surface area contributed by atoms with Gasteiger partial charge < -0.3 is 10.1 Å². The normalized spacial score (nSPS) is 9.89. The first-order valence-corrected chi connectivity index (χ1v) is 5.92. The molecular formula is C11H11BrN2O4. The number of carbonyl (C=O) groups excluding carboxylic acids is 2. The molecule has 1 aromatic carbocycles. The third-order valence-corrected chi connectivity index (χ3v) is 2.83. The molecule has 0 atom stereocenters. The highest BCUT2D eigenvalue weighted by Crippen LogP contribution is 2.27.